The van der Waals surface area contributed by atoms with Gasteiger partial charge in [-0.25, -0.2) is 4.98 Å². The maximum Gasteiger partial charge on any atom is 0.185 e. The van der Waals surface area contributed by atoms with E-state index in [1.807, 2.05) is 0 Å². The number of rotatable bonds is 4. The van der Waals surface area contributed by atoms with Crippen LogP contribution in [-0.4, -0.2) is 32.2 Å². The summed E-state index contributed by atoms with van der Waals surface area (Å²) in [5, 5.41) is 19.6. The van der Waals surface area contributed by atoms with Crippen molar-refractivity contribution < 1.29 is 15.0 Å². The van der Waals surface area contributed by atoms with Crippen LogP contribution in [-0.2, 0) is 4.79 Å². The molecule has 0 radical (unpaired) electrons. The van der Waals surface area contributed by atoms with Gasteiger partial charge >= 0.3 is 0 Å². The fraction of sp³-hybridized carbons (Fsp3) is 0.400. The van der Waals surface area contributed by atoms with Gasteiger partial charge in [0, 0.05) is 18.2 Å². The van der Waals surface area contributed by atoms with Crippen molar-refractivity contribution in [3.05, 3.63) is 28.0 Å². The molecule has 0 aliphatic heterocycles. The fourth-order valence-corrected chi connectivity index (χ4v) is 2.19. The summed E-state index contributed by atoms with van der Waals surface area (Å²) in [6.45, 7) is 1.39. The van der Waals surface area contributed by atoms with E-state index in [0.717, 1.165) is 11.8 Å². The Morgan fingerprint density at radius 3 is 2.65 bits per heavy atom. The third-order valence-electron chi connectivity index (χ3n) is 1.98. The zero-order chi connectivity index (χ0) is 13.0. The summed E-state index contributed by atoms with van der Waals surface area (Å²) in [4.78, 5) is 14.5. The van der Waals surface area contributed by atoms with Crippen LogP contribution in [0.2, 0.25) is 10.3 Å². The first-order valence-corrected chi connectivity index (χ1v) is 6.47. The number of halogens is 2. The lowest BCUT2D eigenvalue weighted by atomic mass is 10.1. The molecule has 0 fully saturated rings. The molecule has 0 saturated heterocycles. The minimum atomic E-state index is -1.20. The summed E-state index contributed by atoms with van der Waals surface area (Å²) < 4.78 is 0. The van der Waals surface area contributed by atoms with Crippen LogP contribution < -0.4 is 0 Å². The zero-order valence-electron chi connectivity index (χ0n) is 8.93. The SMILES string of the molecule is CC(=O)SCC(O)C(O)c1ccc(Cl)nc1Cl. The Balaban J connectivity index is 2.74. The van der Waals surface area contributed by atoms with E-state index in [-0.39, 0.29) is 26.7 Å². The van der Waals surface area contributed by atoms with Crippen LogP contribution in [0.15, 0.2) is 12.1 Å². The number of carbonyl (C=O) groups is 1. The summed E-state index contributed by atoms with van der Waals surface area (Å²) in [5.41, 5.74) is 0.285. The lowest BCUT2D eigenvalue weighted by Gasteiger charge is -2.17. The van der Waals surface area contributed by atoms with Crippen molar-refractivity contribution in [3.8, 4) is 0 Å². The lowest BCUT2D eigenvalue weighted by Crippen LogP contribution is -2.21. The highest BCUT2D eigenvalue weighted by Crippen LogP contribution is 2.26. The molecule has 17 heavy (non-hydrogen) atoms. The van der Waals surface area contributed by atoms with E-state index in [2.05, 4.69) is 4.98 Å². The predicted molar refractivity (Wildman–Crippen MR) is 68.4 cm³/mol. The molecule has 0 amide bonds. The molecule has 0 bridgehead atoms. The molecular weight excluding hydrogens is 285 g/mol. The first-order chi connectivity index (χ1) is 7.91. The first-order valence-electron chi connectivity index (χ1n) is 4.73. The molecule has 0 aliphatic carbocycles. The Labute approximate surface area is 113 Å². The molecule has 0 aromatic carbocycles. The molecule has 4 nitrogen and oxygen atoms in total. The van der Waals surface area contributed by atoms with Gasteiger partial charge in [0.2, 0.25) is 0 Å². The second kappa shape index (κ2) is 6.56. The van der Waals surface area contributed by atoms with E-state index < -0.39 is 12.2 Å². The largest absolute Gasteiger partial charge is 0.389 e. The quantitative estimate of drug-likeness (QED) is 0.832. The molecule has 7 heteroatoms. The van der Waals surface area contributed by atoms with Gasteiger partial charge in [-0.05, 0) is 6.07 Å². The second-order valence-corrected chi connectivity index (χ2v) is 5.27. The van der Waals surface area contributed by atoms with Crippen molar-refractivity contribution in [3.63, 3.8) is 0 Å². The Morgan fingerprint density at radius 2 is 2.12 bits per heavy atom. The highest BCUT2D eigenvalue weighted by molar-refractivity contribution is 8.13. The van der Waals surface area contributed by atoms with Crippen molar-refractivity contribution in [2.75, 3.05) is 5.75 Å². The molecule has 1 aromatic heterocycles. The molecule has 2 atom stereocenters. The van der Waals surface area contributed by atoms with E-state index >= 15 is 0 Å². The van der Waals surface area contributed by atoms with Crippen molar-refractivity contribution in [2.24, 2.45) is 0 Å². The van der Waals surface area contributed by atoms with Gasteiger partial charge in [0.1, 0.15) is 16.4 Å². The molecular formula is C10H11Cl2NO3S. The van der Waals surface area contributed by atoms with E-state index in [1.54, 1.807) is 0 Å². The van der Waals surface area contributed by atoms with E-state index in [4.69, 9.17) is 23.2 Å². The maximum atomic E-state index is 10.7. The Bertz CT molecular complexity index is 417. The van der Waals surface area contributed by atoms with Crippen LogP contribution in [0.5, 0.6) is 0 Å². The van der Waals surface area contributed by atoms with E-state index in [9.17, 15) is 15.0 Å². The number of thioether (sulfide) groups is 1. The van der Waals surface area contributed by atoms with Gasteiger partial charge in [0.05, 0.1) is 6.10 Å². The third kappa shape index (κ3) is 4.44. The van der Waals surface area contributed by atoms with E-state index in [0.29, 0.717) is 0 Å². The van der Waals surface area contributed by atoms with E-state index in [1.165, 1.54) is 19.1 Å². The van der Waals surface area contributed by atoms with Crippen LogP contribution in [0.1, 0.15) is 18.6 Å². The molecule has 1 aromatic rings. The smallest absolute Gasteiger partial charge is 0.185 e. The molecule has 1 rings (SSSR count). The van der Waals surface area contributed by atoms with Crippen LogP contribution >= 0.6 is 35.0 Å². The molecule has 2 unspecified atom stereocenters. The average molecular weight is 296 g/mol. The third-order valence-corrected chi connectivity index (χ3v) is 3.41. The van der Waals surface area contributed by atoms with Gasteiger partial charge in [-0.1, -0.05) is 41.0 Å². The number of hydrogen-bond donors (Lipinski definition) is 2. The summed E-state index contributed by atoms with van der Waals surface area (Å²) in [6.07, 6.45) is -2.29. The summed E-state index contributed by atoms with van der Waals surface area (Å²) in [5.74, 6) is 0.0927. The van der Waals surface area contributed by atoms with Crippen LogP contribution in [0.3, 0.4) is 0 Å². The highest BCUT2D eigenvalue weighted by atomic mass is 35.5. The highest BCUT2D eigenvalue weighted by Gasteiger charge is 2.22. The van der Waals surface area contributed by atoms with Crippen LogP contribution in [0.25, 0.3) is 0 Å². The molecule has 2 N–H and O–H groups in total. The molecule has 0 saturated carbocycles. The summed E-state index contributed by atoms with van der Waals surface area (Å²) in [7, 11) is 0. The molecule has 1 heterocycles. The monoisotopic (exact) mass is 295 g/mol. The van der Waals surface area contributed by atoms with Gasteiger partial charge in [-0.2, -0.15) is 0 Å². The van der Waals surface area contributed by atoms with Crippen molar-refractivity contribution >= 4 is 40.1 Å². The lowest BCUT2D eigenvalue weighted by molar-refractivity contribution is -0.109. The summed E-state index contributed by atoms with van der Waals surface area (Å²) >= 11 is 12.3. The maximum absolute atomic E-state index is 10.7. The van der Waals surface area contributed by atoms with Crippen LogP contribution in [0, 0.1) is 0 Å². The topological polar surface area (TPSA) is 70.4 Å². The Kier molecular flexibility index (Phi) is 5.69. The van der Waals surface area contributed by atoms with Gasteiger partial charge in [-0.3, -0.25) is 4.79 Å². The minimum absolute atomic E-state index is 0.0388. The number of aliphatic hydroxyl groups excluding tert-OH is 2. The Morgan fingerprint density at radius 1 is 1.47 bits per heavy atom. The number of nitrogens with zero attached hydrogens (tertiary/aromatic N) is 1. The predicted octanol–water partition coefficient (Wildman–Crippen LogP) is 2.06. The fourth-order valence-electron chi connectivity index (χ4n) is 1.14. The van der Waals surface area contributed by atoms with Gasteiger partial charge in [-0.15, -0.1) is 0 Å². The molecule has 94 valence electrons. The minimum Gasteiger partial charge on any atom is -0.389 e. The van der Waals surface area contributed by atoms with Gasteiger partial charge in [0.25, 0.3) is 0 Å². The van der Waals surface area contributed by atoms with Crippen molar-refractivity contribution in [2.45, 2.75) is 19.1 Å². The second-order valence-electron chi connectivity index (χ2n) is 3.33. The van der Waals surface area contributed by atoms with Crippen molar-refractivity contribution in [1.82, 2.24) is 4.98 Å². The standard InChI is InChI=1S/C10H11Cl2NO3S/c1-5(14)17-4-7(15)9(16)6-2-3-8(11)13-10(6)12/h2-3,7,9,15-16H,4H2,1H3. The average Bonchev–Trinajstić information content (AvgIpc) is 2.25. The number of carbonyl (C=O) groups excluding carboxylic acids is 1. The normalized spacial score (nSPS) is 14.4. The number of aliphatic hydroxyl groups is 2. The Hall–Kier alpha value is -0.330. The molecule has 0 spiro atoms. The number of aromatic nitrogens is 1. The van der Waals surface area contributed by atoms with Gasteiger partial charge in [0.15, 0.2) is 5.12 Å². The summed E-state index contributed by atoms with van der Waals surface area (Å²) in [6, 6.07) is 2.96. The first kappa shape index (κ1) is 14.7. The number of hydrogen-bond acceptors (Lipinski definition) is 5. The zero-order valence-corrected chi connectivity index (χ0v) is 11.3. The number of pyridine rings is 1. The van der Waals surface area contributed by atoms with Gasteiger partial charge < -0.3 is 10.2 Å². The van der Waals surface area contributed by atoms with Crippen LogP contribution in [0.4, 0.5) is 0 Å². The molecule has 0 aliphatic rings. The van der Waals surface area contributed by atoms with Crippen molar-refractivity contribution in [1.29, 1.82) is 0 Å².